The minimum atomic E-state index is -0.857. The molecule has 0 saturated carbocycles. The number of hydrogen-bond acceptors (Lipinski definition) is 7. The molecule has 0 atom stereocenters. The van der Waals surface area contributed by atoms with Crippen LogP contribution in [0.1, 0.15) is 45.7 Å². The Bertz CT molecular complexity index is 1340. The lowest BCUT2D eigenvalue weighted by Crippen LogP contribution is -2.50. The Balaban J connectivity index is 1.55. The molecule has 0 unspecified atom stereocenters. The monoisotopic (exact) mass is 528 g/mol. The molecule has 0 aliphatic carbocycles. The summed E-state index contributed by atoms with van der Waals surface area (Å²) in [5.74, 6) is 0.254. The first-order valence-electron chi connectivity index (χ1n) is 11.4. The average molecular weight is 529 g/mol. The van der Waals surface area contributed by atoms with Gasteiger partial charge in [0.25, 0.3) is 0 Å². The van der Waals surface area contributed by atoms with Crippen LogP contribution in [0.5, 0.6) is 17.4 Å². The number of nitrogens with one attached hydrogen (secondary N) is 1. The molecule has 11 heteroatoms. The Hall–Kier alpha value is -3.92. The van der Waals surface area contributed by atoms with Gasteiger partial charge >= 0.3 is 12.2 Å². The summed E-state index contributed by atoms with van der Waals surface area (Å²) in [4.78, 5) is 26.6. The quantitative estimate of drug-likeness (QED) is 0.395. The number of rotatable bonds is 5. The summed E-state index contributed by atoms with van der Waals surface area (Å²) in [5.41, 5.74) is -0.749. The van der Waals surface area contributed by atoms with Crippen molar-refractivity contribution in [3.8, 4) is 17.4 Å². The Morgan fingerprint density at radius 2 is 1.92 bits per heavy atom. The highest BCUT2D eigenvalue weighted by Gasteiger charge is 2.41. The van der Waals surface area contributed by atoms with Crippen molar-refractivity contribution in [3.63, 3.8) is 0 Å². The number of aromatic nitrogens is 2. The zero-order valence-corrected chi connectivity index (χ0v) is 21.7. The standard InChI is InChI=1S/C26H26ClFN4O5/c1-25(2,3)37-23(33)29-18-8-6-7-15(22(18)28)14-32-24(34)36-19-13-16(9-10-17(19)26(32,4)5)35-21-12-11-20(27)30-31-21/h6-13H,14H2,1-5H3,(H,29,33). The Morgan fingerprint density at radius 3 is 2.59 bits per heavy atom. The molecule has 0 spiro atoms. The van der Waals surface area contributed by atoms with Crippen LogP contribution in [0.15, 0.2) is 48.5 Å². The van der Waals surface area contributed by atoms with Gasteiger partial charge in [0.15, 0.2) is 11.0 Å². The van der Waals surface area contributed by atoms with E-state index in [2.05, 4.69) is 15.5 Å². The van der Waals surface area contributed by atoms with Crippen LogP contribution in [0.25, 0.3) is 0 Å². The summed E-state index contributed by atoms with van der Waals surface area (Å²) in [5, 5.41) is 10.2. The molecule has 37 heavy (non-hydrogen) atoms. The van der Waals surface area contributed by atoms with Gasteiger partial charge < -0.3 is 14.2 Å². The topological polar surface area (TPSA) is 103 Å². The minimum Gasteiger partial charge on any atom is -0.444 e. The Kier molecular flexibility index (Phi) is 6.96. The third-order valence-corrected chi connectivity index (χ3v) is 5.78. The highest BCUT2D eigenvalue weighted by Crippen LogP contribution is 2.42. The molecule has 0 radical (unpaired) electrons. The summed E-state index contributed by atoms with van der Waals surface area (Å²) in [6, 6.07) is 12.7. The fraction of sp³-hybridized carbons (Fsp3) is 0.308. The molecule has 4 rings (SSSR count). The largest absolute Gasteiger partial charge is 0.444 e. The number of ether oxygens (including phenoxy) is 3. The molecule has 2 heterocycles. The van der Waals surface area contributed by atoms with Gasteiger partial charge in [0.2, 0.25) is 5.88 Å². The Labute approximate surface area is 218 Å². The van der Waals surface area contributed by atoms with Gasteiger partial charge in [-0.1, -0.05) is 23.7 Å². The molecule has 2 amide bonds. The van der Waals surface area contributed by atoms with Crippen molar-refractivity contribution in [2.75, 3.05) is 5.32 Å². The van der Waals surface area contributed by atoms with Crippen molar-refractivity contribution in [1.29, 1.82) is 0 Å². The van der Waals surface area contributed by atoms with Crippen molar-refractivity contribution in [1.82, 2.24) is 15.1 Å². The van der Waals surface area contributed by atoms with Crippen molar-refractivity contribution >= 4 is 29.5 Å². The van der Waals surface area contributed by atoms with Crippen LogP contribution in [0.3, 0.4) is 0 Å². The van der Waals surface area contributed by atoms with Gasteiger partial charge in [-0.05, 0) is 58.9 Å². The molecule has 1 aromatic heterocycles. The molecule has 194 valence electrons. The maximum absolute atomic E-state index is 15.3. The van der Waals surface area contributed by atoms with Crippen LogP contribution in [-0.4, -0.2) is 32.9 Å². The second-order valence-corrected chi connectivity index (χ2v) is 10.3. The van der Waals surface area contributed by atoms with Crippen LogP contribution in [0, 0.1) is 5.82 Å². The van der Waals surface area contributed by atoms with E-state index in [4.69, 9.17) is 25.8 Å². The van der Waals surface area contributed by atoms with Crippen molar-refractivity contribution in [2.45, 2.75) is 52.3 Å². The number of nitrogens with zero attached hydrogens (tertiary/aromatic N) is 3. The fourth-order valence-corrected chi connectivity index (χ4v) is 3.90. The second-order valence-electron chi connectivity index (χ2n) is 9.87. The molecule has 3 aromatic rings. The summed E-state index contributed by atoms with van der Waals surface area (Å²) < 4.78 is 31.8. The number of carbonyl (C=O) groups excluding carboxylic acids is 2. The zero-order valence-electron chi connectivity index (χ0n) is 21.0. The number of fused-ring (bicyclic) bond motifs is 1. The highest BCUT2D eigenvalue weighted by atomic mass is 35.5. The van der Waals surface area contributed by atoms with E-state index in [-0.39, 0.29) is 28.8 Å². The second kappa shape index (κ2) is 9.85. The van der Waals surface area contributed by atoms with Gasteiger partial charge in [0, 0.05) is 23.3 Å². The van der Waals surface area contributed by atoms with Crippen molar-refractivity contribution in [2.24, 2.45) is 0 Å². The maximum atomic E-state index is 15.3. The summed E-state index contributed by atoms with van der Waals surface area (Å²) in [6.45, 7) is 8.70. The molecule has 1 aliphatic heterocycles. The molecule has 1 aliphatic rings. The molecule has 0 fully saturated rings. The van der Waals surface area contributed by atoms with Crippen LogP contribution in [0.4, 0.5) is 19.7 Å². The number of amides is 2. The predicted molar refractivity (Wildman–Crippen MR) is 134 cm³/mol. The number of halogens is 2. The predicted octanol–water partition coefficient (Wildman–Crippen LogP) is 6.66. The molecular formula is C26H26ClFN4O5. The first-order valence-corrected chi connectivity index (χ1v) is 11.8. The number of hydrogen-bond donors (Lipinski definition) is 1. The number of anilines is 1. The number of carbonyl (C=O) groups is 2. The van der Waals surface area contributed by atoms with E-state index >= 15 is 4.39 Å². The zero-order chi connectivity index (χ0) is 27.0. The molecule has 1 N–H and O–H groups in total. The van der Waals surface area contributed by atoms with Gasteiger partial charge in [-0.15, -0.1) is 10.2 Å². The van der Waals surface area contributed by atoms with E-state index in [1.807, 2.05) is 13.8 Å². The lowest BCUT2D eigenvalue weighted by atomic mass is 9.89. The van der Waals surface area contributed by atoms with Gasteiger partial charge in [-0.25, -0.2) is 14.0 Å². The van der Waals surface area contributed by atoms with E-state index in [9.17, 15) is 9.59 Å². The molecular weight excluding hydrogens is 503 g/mol. The lowest BCUT2D eigenvalue weighted by molar-refractivity contribution is 0.0633. The van der Waals surface area contributed by atoms with E-state index in [1.165, 1.54) is 11.0 Å². The summed E-state index contributed by atoms with van der Waals surface area (Å²) >= 11 is 5.75. The smallest absolute Gasteiger partial charge is 0.416 e. The summed E-state index contributed by atoms with van der Waals surface area (Å²) in [7, 11) is 0. The third kappa shape index (κ3) is 5.91. The first-order chi connectivity index (χ1) is 17.3. The molecule has 2 aromatic carbocycles. The number of benzene rings is 2. The SMILES string of the molecule is CC(C)(C)OC(=O)Nc1cccc(CN2C(=O)Oc3cc(Oc4ccc(Cl)nn4)ccc3C2(C)C)c1F. The molecule has 0 bridgehead atoms. The van der Waals surface area contributed by atoms with Crippen molar-refractivity contribution < 1.29 is 28.2 Å². The first kappa shape index (κ1) is 26.2. The third-order valence-electron chi connectivity index (χ3n) is 5.58. The van der Waals surface area contributed by atoms with Crippen molar-refractivity contribution in [3.05, 3.63) is 70.6 Å². The van der Waals surface area contributed by atoms with E-state index in [1.54, 1.807) is 63.2 Å². The van der Waals surface area contributed by atoms with Gasteiger partial charge in [-0.3, -0.25) is 10.2 Å². The molecule has 0 saturated heterocycles. The van der Waals surface area contributed by atoms with Crippen LogP contribution >= 0.6 is 11.6 Å². The van der Waals surface area contributed by atoms with Gasteiger partial charge in [0.05, 0.1) is 17.8 Å². The van der Waals surface area contributed by atoms with Gasteiger partial charge in [0.1, 0.15) is 17.1 Å². The summed E-state index contributed by atoms with van der Waals surface area (Å²) in [6.07, 6.45) is -1.44. The van der Waals surface area contributed by atoms with E-state index in [0.717, 1.165) is 0 Å². The maximum Gasteiger partial charge on any atom is 0.416 e. The van der Waals surface area contributed by atoms with Crippen LogP contribution < -0.4 is 14.8 Å². The molecule has 9 nitrogen and oxygen atoms in total. The lowest BCUT2D eigenvalue weighted by Gasteiger charge is -2.42. The average Bonchev–Trinajstić information content (AvgIpc) is 2.79. The van der Waals surface area contributed by atoms with E-state index < -0.39 is 29.1 Å². The minimum absolute atomic E-state index is 0.0533. The fourth-order valence-electron chi connectivity index (χ4n) is 3.80. The Morgan fingerprint density at radius 1 is 1.16 bits per heavy atom. The van der Waals surface area contributed by atoms with Gasteiger partial charge in [-0.2, -0.15) is 0 Å². The highest BCUT2D eigenvalue weighted by molar-refractivity contribution is 6.29. The van der Waals surface area contributed by atoms with E-state index in [0.29, 0.717) is 17.1 Å². The van der Waals surface area contributed by atoms with Crippen LogP contribution in [0.2, 0.25) is 5.15 Å². The van der Waals surface area contributed by atoms with Crippen LogP contribution in [-0.2, 0) is 16.8 Å². The normalized spacial score (nSPS) is 14.5.